The molecule has 1 aromatic carbocycles. The molecule has 2 fully saturated rings. The van der Waals surface area contributed by atoms with Crippen LogP contribution in [0.25, 0.3) is 11.3 Å². The van der Waals surface area contributed by atoms with Crippen LogP contribution < -0.4 is 5.32 Å². The highest BCUT2D eigenvalue weighted by Gasteiger charge is 2.51. The number of likely N-dealkylation sites (tertiary alicyclic amines) is 1. The molecule has 13 heteroatoms. The molecule has 3 aromatic rings. The van der Waals surface area contributed by atoms with E-state index in [-0.39, 0.29) is 44.7 Å². The summed E-state index contributed by atoms with van der Waals surface area (Å²) in [5, 5.41) is 6.72. The van der Waals surface area contributed by atoms with Gasteiger partial charge in [0, 0.05) is 36.9 Å². The van der Waals surface area contributed by atoms with Crippen LogP contribution >= 0.6 is 12.6 Å². The first-order valence-electron chi connectivity index (χ1n) is 12.8. The maximum atomic E-state index is 13.5. The first kappa shape index (κ1) is 27.9. The Morgan fingerprint density at radius 2 is 1.82 bits per heavy atom. The maximum absolute atomic E-state index is 13.5. The Balaban J connectivity index is 1.22. The Bertz CT molecular complexity index is 1420. The van der Waals surface area contributed by atoms with Gasteiger partial charge in [-0.25, -0.2) is 18.4 Å². The van der Waals surface area contributed by atoms with E-state index < -0.39 is 21.6 Å². The molecule has 1 spiro atoms. The predicted octanol–water partition coefficient (Wildman–Crippen LogP) is 4.80. The number of hydrogen-bond donors (Lipinski definition) is 2. The van der Waals surface area contributed by atoms with Crippen LogP contribution in [0.2, 0.25) is 0 Å². The van der Waals surface area contributed by atoms with Gasteiger partial charge in [0.1, 0.15) is 5.56 Å². The minimum absolute atomic E-state index is 0.0247. The van der Waals surface area contributed by atoms with Crippen molar-refractivity contribution >= 4 is 28.4 Å². The van der Waals surface area contributed by atoms with Gasteiger partial charge >= 0.3 is 6.18 Å². The van der Waals surface area contributed by atoms with E-state index in [1.54, 1.807) is 31.3 Å². The number of halogens is 3. The van der Waals surface area contributed by atoms with E-state index in [9.17, 15) is 21.6 Å². The number of sulfone groups is 1. The van der Waals surface area contributed by atoms with E-state index in [1.165, 1.54) is 17.1 Å². The van der Waals surface area contributed by atoms with Crippen LogP contribution in [-0.4, -0.2) is 56.8 Å². The van der Waals surface area contributed by atoms with Gasteiger partial charge in [0.25, 0.3) is 0 Å². The van der Waals surface area contributed by atoms with E-state index in [1.807, 2.05) is 0 Å². The van der Waals surface area contributed by atoms with Gasteiger partial charge in [-0.2, -0.15) is 30.9 Å². The first-order valence-corrected chi connectivity index (χ1v) is 14.8. The molecule has 1 atom stereocenters. The van der Waals surface area contributed by atoms with Gasteiger partial charge < -0.3 is 5.32 Å². The van der Waals surface area contributed by atoms with E-state index in [0.717, 1.165) is 37.7 Å². The molecular formula is C26H31F3N6O2S2. The lowest BCUT2D eigenvalue weighted by Gasteiger charge is -2.52. The third-order valence-electron chi connectivity index (χ3n) is 7.92. The third kappa shape index (κ3) is 5.80. The lowest BCUT2D eigenvalue weighted by molar-refractivity contribution is -0.137. The van der Waals surface area contributed by atoms with Crippen molar-refractivity contribution in [2.75, 3.05) is 18.4 Å². The standard InChI is InChI=1S/C26H31F3N6O2S2/c1-17(38)35-9-7-25(8-10-35)11-21(12-25)39(36,37)20-5-3-18(4-6-20)13-30-24-31-15-22(26(27,28)29)23(33-24)19-14-32-34(2)16-19/h3-6,14-17,21,38H,7-13H2,1-2H3,(H,30,31,33). The van der Waals surface area contributed by atoms with E-state index in [4.69, 9.17) is 0 Å². The Morgan fingerprint density at radius 3 is 2.38 bits per heavy atom. The zero-order valence-corrected chi connectivity index (χ0v) is 23.4. The molecule has 1 unspecified atom stereocenters. The normalized spacial score (nSPS) is 19.1. The second-order valence-electron chi connectivity index (χ2n) is 10.6. The van der Waals surface area contributed by atoms with Crippen LogP contribution in [0.3, 0.4) is 0 Å². The molecule has 2 aromatic heterocycles. The monoisotopic (exact) mass is 580 g/mol. The number of hydrogen-bond acceptors (Lipinski definition) is 8. The minimum atomic E-state index is -4.62. The molecule has 2 aliphatic rings. The Labute approximate surface area is 231 Å². The smallest absolute Gasteiger partial charge is 0.350 e. The minimum Gasteiger partial charge on any atom is -0.350 e. The van der Waals surface area contributed by atoms with Gasteiger partial charge in [-0.05, 0) is 68.8 Å². The Kier molecular flexibility index (Phi) is 7.44. The van der Waals surface area contributed by atoms with Gasteiger partial charge in [-0.1, -0.05) is 12.1 Å². The lowest BCUT2D eigenvalue weighted by Crippen LogP contribution is -2.52. The van der Waals surface area contributed by atoms with Crippen LogP contribution in [-0.2, 0) is 29.6 Å². The molecule has 3 heterocycles. The fourth-order valence-corrected chi connectivity index (χ4v) is 7.79. The van der Waals surface area contributed by atoms with Crippen LogP contribution in [0, 0.1) is 5.41 Å². The van der Waals surface area contributed by atoms with Crippen molar-refractivity contribution in [3.8, 4) is 11.3 Å². The highest BCUT2D eigenvalue weighted by Crippen LogP contribution is 2.52. The molecule has 0 amide bonds. The molecule has 8 nitrogen and oxygen atoms in total. The summed E-state index contributed by atoms with van der Waals surface area (Å²) < 4.78 is 68.4. The molecule has 39 heavy (non-hydrogen) atoms. The number of nitrogens with zero attached hydrogens (tertiary/aromatic N) is 5. The second kappa shape index (κ2) is 10.4. The quantitative estimate of drug-likeness (QED) is 0.388. The van der Waals surface area contributed by atoms with Crippen molar-refractivity contribution in [3.05, 3.63) is 54.0 Å². The summed E-state index contributed by atoms with van der Waals surface area (Å²) in [6.45, 7) is 4.17. The largest absolute Gasteiger partial charge is 0.419 e. The number of aromatic nitrogens is 4. The summed E-state index contributed by atoms with van der Waals surface area (Å²) in [4.78, 5) is 10.5. The molecule has 1 N–H and O–H groups in total. The van der Waals surface area contributed by atoms with E-state index >= 15 is 0 Å². The summed E-state index contributed by atoms with van der Waals surface area (Å²) in [5.74, 6) is 0.0247. The van der Waals surface area contributed by atoms with Crippen molar-refractivity contribution < 1.29 is 21.6 Å². The fourth-order valence-electron chi connectivity index (χ4n) is 5.51. The topological polar surface area (TPSA) is 93.0 Å². The number of rotatable bonds is 7. The molecule has 1 saturated carbocycles. The van der Waals surface area contributed by atoms with Gasteiger partial charge in [0.15, 0.2) is 9.84 Å². The fraction of sp³-hybridized carbons (Fsp3) is 0.500. The maximum Gasteiger partial charge on any atom is 0.419 e. The number of aryl methyl sites for hydroxylation is 1. The summed E-state index contributed by atoms with van der Waals surface area (Å²) in [6, 6.07) is 6.59. The zero-order valence-electron chi connectivity index (χ0n) is 21.7. The first-order chi connectivity index (χ1) is 18.4. The van der Waals surface area contributed by atoms with Crippen molar-refractivity contribution in [1.29, 1.82) is 0 Å². The van der Waals surface area contributed by atoms with Gasteiger partial charge in [0.2, 0.25) is 5.95 Å². The van der Waals surface area contributed by atoms with E-state index in [2.05, 4.69) is 44.8 Å². The molecule has 210 valence electrons. The highest BCUT2D eigenvalue weighted by atomic mass is 32.2. The second-order valence-corrected chi connectivity index (χ2v) is 13.6. The van der Waals surface area contributed by atoms with Gasteiger partial charge in [0.05, 0.1) is 22.0 Å². The van der Waals surface area contributed by atoms with Crippen LogP contribution in [0.4, 0.5) is 19.1 Å². The van der Waals surface area contributed by atoms with Crippen molar-refractivity contribution in [2.45, 2.75) is 60.8 Å². The van der Waals surface area contributed by atoms with Crippen molar-refractivity contribution in [3.63, 3.8) is 0 Å². The zero-order chi connectivity index (χ0) is 28.0. The van der Waals surface area contributed by atoms with E-state index in [0.29, 0.717) is 12.8 Å². The van der Waals surface area contributed by atoms with Crippen molar-refractivity contribution in [2.24, 2.45) is 12.5 Å². The Morgan fingerprint density at radius 1 is 1.15 bits per heavy atom. The highest BCUT2D eigenvalue weighted by molar-refractivity contribution is 7.92. The van der Waals surface area contributed by atoms with Crippen LogP contribution in [0.5, 0.6) is 0 Å². The molecular weight excluding hydrogens is 549 g/mol. The molecule has 0 radical (unpaired) electrons. The van der Waals surface area contributed by atoms with Crippen LogP contribution in [0.15, 0.2) is 47.8 Å². The Hall–Kier alpha value is -2.64. The number of piperidine rings is 1. The number of thiol groups is 1. The summed E-state index contributed by atoms with van der Waals surface area (Å²) in [7, 11) is -1.82. The molecule has 0 bridgehead atoms. The van der Waals surface area contributed by atoms with Crippen molar-refractivity contribution in [1.82, 2.24) is 24.6 Å². The number of anilines is 1. The molecule has 1 aliphatic heterocycles. The molecule has 5 rings (SSSR count). The van der Waals surface area contributed by atoms with Crippen LogP contribution in [0.1, 0.15) is 43.7 Å². The summed E-state index contributed by atoms with van der Waals surface area (Å²) in [6.07, 6.45) is 2.29. The predicted molar refractivity (Wildman–Crippen MR) is 145 cm³/mol. The summed E-state index contributed by atoms with van der Waals surface area (Å²) in [5.41, 5.74) is -0.117. The number of benzene rings is 1. The molecule has 1 saturated heterocycles. The number of alkyl halides is 3. The van der Waals surface area contributed by atoms with Gasteiger partial charge in [-0.15, -0.1) is 0 Å². The lowest BCUT2D eigenvalue weighted by atomic mass is 9.63. The summed E-state index contributed by atoms with van der Waals surface area (Å²) >= 11 is 4.51. The SMILES string of the molecule is CC(S)N1CCC2(CC1)CC(S(=O)(=O)c1ccc(CNc3ncc(C(F)(F)F)c(-c4cnn(C)c4)n3)cc1)C2. The third-order valence-corrected chi connectivity index (χ3v) is 10.4. The number of nitrogens with one attached hydrogen (secondary N) is 1. The average molecular weight is 581 g/mol. The molecule has 1 aliphatic carbocycles. The van der Waals surface area contributed by atoms with Gasteiger partial charge in [-0.3, -0.25) is 9.58 Å². The average Bonchev–Trinajstić information content (AvgIpc) is 3.31.